The number of rotatable bonds is 6. The zero-order valence-electron chi connectivity index (χ0n) is 15.7. The molecule has 0 amide bonds. The van der Waals surface area contributed by atoms with E-state index in [9.17, 15) is 13.2 Å². The van der Waals surface area contributed by atoms with Gasteiger partial charge in [-0.3, -0.25) is 0 Å². The Morgan fingerprint density at radius 1 is 1.00 bits per heavy atom. The smallest absolute Gasteiger partial charge is 0.370 e. The quantitative estimate of drug-likeness (QED) is 0.618. The van der Waals surface area contributed by atoms with Crippen molar-refractivity contribution in [2.24, 2.45) is 5.92 Å². The first-order valence-corrected chi connectivity index (χ1v) is 9.24. The van der Waals surface area contributed by atoms with Crippen LogP contribution in [0.15, 0.2) is 42.6 Å². The predicted molar refractivity (Wildman–Crippen MR) is 104 cm³/mol. The van der Waals surface area contributed by atoms with Gasteiger partial charge in [0, 0.05) is 24.5 Å². The molecule has 6 nitrogen and oxygen atoms in total. The molecule has 1 aliphatic rings. The van der Waals surface area contributed by atoms with E-state index in [1.165, 1.54) is 12.8 Å². The standard InChI is InChI=1S/C20H19F3N6/c1-12-3-2-4-15(26-12)19-28-17(25-11-13-5-6-13)10-18(29-19)27-16-9-14(7-8-24-16)20(21,22)23/h2-4,7-10,13H,5-6,11H2,1H3,(H2,24,25,27,28,29). The lowest BCUT2D eigenvalue weighted by atomic mass is 10.2. The van der Waals surface area contributed by atoms with Crippen LogP contribution in [0.3, 0.4) is 0 Å². The topological polar surface area (TPSA) is 75.6 Å². The molecule has 150 valence electrons. The Morgan fingerprint density at radius 2 is 1.79 bits per heavy atom. The second-order valence-electron chi connectivity index (χ2n) is 7.00. The fraction of sp³-hybridized carbons (Fsp3) is 0.300. The Labute approximate surface area is 165 Å². The number of aromatic nitrogens is 4. The molecule has 9 heteroatoms. The molecule has 3 aromatic heterocycles. The second kappa shape index (κ2) is 7.65. The first-order valence-electron chi connectivity index (χ1n) is 9.24. The van der Waals surface area contributed by atoms with Gasteiger partial charge in [0.05, 0.1) is 5.56 Å². The zero-order chi connectivity index (χ0) is 20.4. The molecule has 0 radical (unpaired) electrons. The highest BCUT2D eigenvalue weighted by Gasteiger charge is 2.30. The summed E-state index contributed by atoms with van der Waals surface area (Å²) in [6, 6.07) is 9.04. The Balaban J connectivity index is 1.66. The van der Waals surface area contributed by atoms with Crippen LogP contribution in [0.4, 0.5) is 30.6 Å². The molecule has 0 aliphatic heterocycles. The van der Waals surface area contributed by atoms with Gasteiger partial charge < -0.3 is 10.6 Å². The lowest BCUT2D eigenvalue weighted by molar-refractivity contribution is -0.137. The van der Waals surface area contributed by atoms with E-state index < -0.39 is 11.7 Å². The summed E-state index contributed by atoms with van der Waals surface area (Å²) < 4.78 is 38.9. The van der Waals surface area contributed by atoms with Gasteiger partial charge in [-0.2, -0.15) is 13.2 Å². The summed E-state index contributed by atoms with van der Waals surface area (Å²) in [6.07, 6.45) is -0.965. The van der Waals surface area contributed by atoms with E-state index in [4.69, 9.17) is 0 Å². The number of nitrogens with one attached hydrogen (secondary N) is 2. The molecular weight excluding hydrogens is 381 g/mol. The predicted octanol–water partition coefficient (Wildman–Crippen LogP) is 4.83. The molecule has 0 atom stereocenters. The Hall–Kier alpha value is -3.23. The van der Waals surface area contributed by atoms with Gasteiger partial charge in [0.25, 0.3) is 0 Å². The highest BCUT2D eigenvalue weighted by atomic mass is 19.4. The molecule has 1 aliphatic carbocycles. The lowest BCUT2D eigenvalue weighted by Gasteiger charge is -2.12. The summed E-state index contributed by atoms with van der Waals surface area (Å²) in [5.41, 5.74) is 0.619. The van der Waals surface area contributed by atoms with Gasteiger partial charge in [-0.15, -0.1) is 0 Å². The lowest BCUT2D eigenvalue weighted by Crippen LogP contribution is -2.09. The van der Waals surface area contributed by atoms with Crippen molar-refractivity contribution in [2.45, 2.75) is 25.9 Å². The summed E-state index contributed by atoms with van der Waals surface area (Å²) in [5, 5.41) is 6.13. The van der Waals surface area contributed by atoms with E-state index in [0.29, 0.717) is 29.1 Å². The van der Waals surface area contributed by atoms with E-state index in [0.717, 1.165) is 30.6 Å². The molecule has 1 saturated carbocycles. The minimum atomic E-state index is -4.45. The second-order valence-corrected chi connectivity index (χ2v) is 7.00. The van der Waals surface area contributed by atoms with Crippen molar-refractivity contribution >= 4 is 17.5 Å². The first kappa shape index (κ1) is 19.1. The molecule has 0 bridgehead atoms. The summed E-state index contributed by atoms with van der Waals surface area (Å²) in [7, 11) is 0. The molecule has 0 saturated heterocycles. The molecule has 0 spiro atoms. The third-order valence-electron chi connectivity index (χ3n) is 4.46. The van der Waals surface area contributed by atoms with Gasteiger partial charge >= 0.3 is 6.18 Å². The van der Waals surface area contributed by atoms with Crippen LogP contribution in [0.1, 0.15) is 24.1 Å². The van der Waals surface area contributed by atoms with Gasteiger partial charge in [-0.25, -0.2) is 19.9 Å². The molecule has 1 fully saturated rings. The van der Waals surface area contributed by atoms with Crippen LogP contribution in [-0.4, -0.2) is 26.5 Å². The summed E-state index contributed by atoms with van der Waals surface area (Å²) in [6.45, 7) is 2.66. The van der Waals surface area contributed by atoms with Crippen LogP contribution in [-0.2, 0) is 6.18 Å². The van der Waals surface area contributed by atoms with Gasteiger partial charge in [0.15, 0.2) is 5.82 Å². The molecule has 29 heavy (non-hydrogen) atoms. The van der Waals surface area contributed by atoms with Gasteiger partial charge in [0.1, 0.15) is 23.1 Å². The Bertz CT molecular complexity index is 1020. The van der Waals surface area contributed by atoms with Crippen molar-refractivity contribution < 1.29 is 13.2 Å². The number of halogens is 3. The fourth-order valence-electron chi connectivity index (χ4n) is 2.76. The molecule has 4 rings (SSSR count). The third-order valence-corrected chi connectivity index (χ3v) is 4.46. The van der Waals surface area contributed by atoms with Crippen molar-refractivity contribution in [1.29, 1.82) is 0 Å². The van der Waals surface area contributed by atoms with Crippen LogP contribution in [0.5, 0.6) is 0 Å². The molecule has 3 heterocycles. The zero-order valence-corrected chi connectivity index (χ0v) is 15.7. The van der Waals surface area contributed by atoms with Crippen molar-refractivity contribution in [3.8, 4) is 11.5 Å². The highest BCUT2D eigenvalue weighted by molar-refractivity contribution is 5.62. The first-order chi connectivity index (χ1) is 13.9. The van der Waals surface area contributed by atoms with Crippen LogP contribution >= 0.6 is 0 Å². The van der Waals surface area contributed by atoms with E-state index in [-0.39, 0.29) is 5.82 Å². The average Bonchev–Trinajstić information content (AvgIpc) is 3.50. The Kier molecular flexibility index (Phi) is 5.04. The number of alkyl halides is 3. The fourth-order valence-corrected chi connectivity index (χ4v) is 2.76. The summed E-state index contributed by atoms with van der Waals surface area (Å²) in [5.74, 6) is 1.98. The SMILES string of the molecule is Cc1cccc(-c2nc(NCC3CC3)cc(Nc3cc(C(F)(F)F)ccn3)n2)n1. The maximum absolute atomic E-state index is 13.0. The molecule has 3 aromatic rings. The van der Waals surface area contributed by atoms with Gasteiger partial charge in [0.2, 0.25) is 0 Å². The van der Waals surface area contributed by atoms with Gasteiger partial charge in [-0.1, -0.05) is 6.07 Å². The van der Waals surface area contributed by atoms with E-state index in [1.54, 1.807) is 12.1 Å². The summed E-state index contributed by atoms with van der Waals surface area (Å²) in [4.78, 5) is 17.4. The van der Waals surface area contributed by atoms with E-state index >= 15 is 0 Å². The number of anilines is 3. The molecular formula is C20H19F3N6. The van der Waals surface area contributed by atoms with Crippen LogP contribution in [0.25, 0.3) is 11.5 Å². The molecule has 2 N–H and O–H groups in total. The normalized spacial score (nSPS) is 13.9. The van der Waals surface area contributed by atoms with Crippen LogP contribution in [0, 0.1) is 12.8 Å². The van der Waals surface area contributed by atoms with Crippen LogP contribution < -0.4 is 10.6 Å². The van der Waals surface area contributed by atoms with Crippen molar-refractivity contribution in [3.05, 3.63) is 53.9 Å². The van der Waals surface area contributed by atoms with E-state index in [1.807, 2.05) is 19.1 Å². The largest absolute Gasteiger partial charge is 0.416 e. The monoisotopic (exact) mass is 400 g/mol. The van der Waals surface area contributed by atoms with Gasteiger partial charge in [-0.05, 0) is 49.9 Å². The highest BCUT2D eigenvalue weighted by Crippen LogP contribution is 2.31. The number of hydrogen-bond donors (Lipinski definition) is 2. The maximum Gasteiger partial charge on any atom is 0.416 e. The minimum absolute atomic E-state index is 0.0508. The molecule has 0 unspecified atom stereocenters. The maximum atomic E-state index is 13.0. The third kappa shape index (κ3) is 4.98. The number of aryl methyl sites for hydroxylation is 1. The summed E-state index contributed by atoms with van der Waals surface area (Å²) >= 11 is 0. The van der Waals surface area contributed by atoms with E-state index in [2.05, 4.69) is 30.6 Å². The average molecular weight is 400 g/mol. The number of hydrogen-bond acceptors (Lipinski definition) is 6. The van der Waals surface area contributed by atoms with Crippen molar-refractivity contribution in [1.82, 2.24) is 19.9 Å². The van der Waals surface area contributed by atoms with Crippen molar-refractivity contribution in [3.63, 3.8) is 0 Å². The molecule has 0 aromatic carbocycles. The van der Waals surface area contributed by atoms with Crippen molar-refractivity contribution in [2.75, 3.05) is 17.2 Å². The minimum Gasteiger partial charge on any atom is -0.370 e. The number of pyridine rings is 2. The Morgan fingerprint density at radius 3 is 2.52 bits per heavy atom. The number of nitrogens with zero attached hydrogens (tertiary/aromatic N) is 4. The van der Waals surface area contributed by atoms with Crippen LogP contribution in [0.2, 0.25) is 0 Å².